The van der Waals surface area contributed by atoms with E-state index in [9.17, 15) is 4.79 Å². The van der Waals surface area contributed by atoms with Gasteiger partial charge in [-0.3, -0.25) is 4.79 Å². The number of rotatable bonds is 3. The van der Waals surface area contributed by atoms with Gasteiger partial charge in [-0.15, -0.1) is 0 Å². The molecule has 1 aromatic heterocycles. The van der Waals surface area contributed by atoms with Crippen LogP contribution >= 0.6 is 31.9 Å². The molecule has 0 spiro atoms. The van der Waals surface area contributed by atoms with E-state index in [2.05, 4.69) is 42.4 Å². The van der Waals surface area contributed by atoms with Crippen LogP contribution in [-0.4, -0.2) is 18.9 Å². The third-order valence-corrected chi connectivity index (χ3v) is 4.58. The topological polar surface area (TPSA) is 73.1 Å². The molecule has 0 radical (unpaired) electrons. The molecule has 2 heterocycles. The number of fused-ring (bicyclic) bond motifs is 2. The number of amides is 1. The second-order valence-corrected chi connectivity index (χ2v) is 7.00. The highest BCUT2D eigenvalue weighted by atomic mass is 79.9. The first-order chi connectivity index (χ1) is 12.1. The van der Waals surface area contributed by atoms with E-state index in [1.54, 1.807) is 18.2 Å². The van der Waals surface area contributed by atoms with Gasteiger partial charge in [-0.25, -0.2) is 5.43 Å². The largest absolute Gasteiger partial charge is 0.454 e. The predicted molar refractivity (Wildman–Crippen MR) is 99.2 cm³/mol. The first-order valence-electron chi connectivity index (χ1n) is 7.22. The highest BCUT2D eigenvalue weighted by Gasteiger charge is 2.15. The Labute approximate surface area is 159 Å². The summed E-state index contributed by atoms with van der Waals surface area (Å²) < 4.78 is 17.8. The zero-order valence-corrected chi connectivity index (χ0v) is 15.8. The van der Waals surface area contributed by atoms with Crippen LogP contribution in [0.5, 0.6) is 11.5 Å². The normalized spacial score (nSPS) is 12.9. The van der Waals surface area contributed by atoms with E-state index in [1.807, 2.05) is 18.2 Å². The summed E-state index contributed by atoms with van der Waals surface area (Å²) in [5.41, 5.74) is 3.83. The Morgan fingerprint density at radius 3 is 2.84 bits per heavy atom. The average Bonchev–Trinajstić information content (AvgIpc) is 3.20. The van der Waals surface area contributed by atoms with E-state index in [1.165, 1.54) is 6.21 Å². The maximum atomic E-state index is 12.2. The maximum absolute atomic E-state index is 12.2. The lowest BCUT2D eigenvalue weighted by Crippen LogP contribution is -2.16. The van der Waals surface area contributed by atoms with Crippen LogP contribution < -0.4 is 14.9 Å². The Morgan fingerprint density at radius 1 is 1.12 bits per heavy atom. The van der Waals surface area contributed by atoms with Gasteiger partial charge >= 0.3 is 5.91 Å². The Kier molecular flexibility index (Phi) is 4.22. The summed E-state index contributed by atoms with van der Waals surface area (Å²) in [4.78, 5) is 12.2. The van der Waals surface area contributed by atoms with Crippen molar-refractivity contribution in [2.24, 2.45) is 5.10 Å². The molecule has 0 bridgehead atoms. The summed E-state index contributed by atoms with van der Waals surface area (Å²) in [6.45, 7) is 0.213. The molecular formula is C17H10Br2N2O4. The summed E-state index contributed by atoms with van der Waals surface area (Å²) >= 11 is 6.81. The number of halogens is 2. The molecule has 6 nitrogen and oxygen atoms in total. The number of carbonyl (C=O) groups is 1. The second-order valence-electron chi connectivity index (χ2n) is 5.23. The van der Waals surface area contributed by atoms with E-state index in [-0.39, 0.29) is 12.6 Å². The summed E-state index contributed by atoms with van der Waals surface area (Å²) in [5.74, 6) is 1.09. The quantitative estimate of drug-likeness (QED) is 0.458. The predicted octanol–water partition coefficient (Wildman–Crippen LogP) is 4.45. The van der Waals surface area contributed by atoms with Crippen LogP contribution in [0.3, 0.4) is 0 Å². The minimum Gasteiger partial charge on any atom is -0.454 e. The van der Waals surface area contributed by atoms with Gasteiger partial charge in [0.2, 0.25) is 6.79 Å². The molecule has 3 aromatic rings. The minimum absolute atomic E-state index is 0.177. The van der Waals surface area contributed by atoms with Crippen LogP contribution in [0.25, 0.3) is 11.0 Å². The number of hydrogen-bond acceptors (Lipinski definition) is 5. The van der Waals surface area contributed by atoms with Crippen LogP contribution in [0.1, 0.15) is 16.1 Å². The second kappa shape index (κ2) is 6.53. The van der Waals surface area contributed by atoms with Gasteiger partial charge in [-0.05, 0) is 57.9 Å². The van der Waals surface area contributed by atoms with Gasteiger partial charge in [0.05, 0.1) is 10.7 Å². The Hall–Kier alpha value is -2.32. The van der Waals surface area contributed by atoms with Crippen molar-refractivity contribution in [3.05, 3.63) is 56.7 Å². The van der Waals surface area contributed by atoms with E-state index in [0.717, 1.165) is 19.9 Å². The molecule has 0 aliphatic carbocycles. The van der Waals surface area contributed by atoms with Crippen LogP contribution in [0.15, 0.2) is 54.9 Å². The van der Waals surface area contributed by atoms with E-state index in [0.29, 0.717) is 17.1 Å². The molecule has 0 atom stereocenters. The molecule has 4 rings (SSSR count). The number of hydrazone groups is 1. The smallest absolute Gasteiger partial charge is 0.307 e. The number of ether oxygens (including phenoxy) is 2. The number of nitrogens with one attached hydrogen (secondary N) is 1. The standard InChI is InChI=1S/C17H10Br2N2O4/c18-11-4-10-5-15(25-16(10)12(19)6-11)17(22)21-20-7-9-1-2-13-14(3-9)24-8-23-13/h1-7H,8H2,(H,21,22)/b20-7-. The summed E-state index contributed by atoms with van der Waals surface area (Å²) in [5, 5.41) is 4.76. The van der Waals surface area contributed by atoms with Crippen molar-refractivity contribution in [3.63, 3.8) is 0 Å². The van der Waals surface area contributed by atoms with E-state index in [4.69, 9.17) is 13.9 Å². The lowest BCUT2D eigenvalue weighted by atomic mass is 10.2. The number of furan rings is 1. The van der Waals surface area contributed by atoms with Crippen molar-refractivity contribution < 1.29 is 18.7 Å². The molecular weight excluding hydrogens is 456 g/mol. The van der Waals surface area contributed by atoms with Gasteiger partial charge in [-0.2, -0.15) is 5.10 Å². The van der Waals surface area contributed by atoms with Gasteiger partial charge < -0.3 is 13.9 Å². The fourth-order valence-corrected chi connectivity index (χ4v) is 3.74. The maximum Gasteiger partial charge on any atom is 0.307 e. The molecule has 1 aliphatic rings. The van der Waals surface area contributed by atoms with Crippen molar-refractivity contribution in [1.29, 1.82) is 0 Å². The van der Waals surface area contributed by atoms with E-state index < -0.39 is 5.91 Å². The number of hydrogen-bond donors (Lipinski definition) is 1. The molecule has 25 heavy (non-hydrogen) atoms. The van der Waals surface area contributed by atoms with Gasteiger partial charge in [0.1, 0.15) is 5.58 Å². The van der Waals surface area contributed by atoms with Gasteiger partial charge in [0.25, 0.3) is 0 Å². The minimum atomic E-state index is -0.434. The average molecular weight is 466 g/mol. The third kappa shape index (κ3) is 3.27. The lowest BCUT2D eigenvalue weighted by Gasteiger charge is -1.98. The highest BCUT2D eigenvalue weighted by Crippen LogP contribution is 2.32. The van der Waals surface area contributed by atoms with Crippen molar-refractivity contribution in [2.45, 2.75) is 0 Å². The molecule has 0 unspecified atom stereocenters. The van der Waals surface area contributed by atoms with Crippen molar-refractivity contribution in [1.82, 2.24) is 5.43 Å². The Balaban J connectivity index is 1.49. The number of benzene rings is 2. The molecule has 0 saturated carbocycles. The molecule has 0 fully saturated rings. The fraction of sp³-hybridized carbons (Fsp3) is 0.0588. The molecule has 126 valence electrons. The van der Waals surface area contributed by atoms with Crippen LogP contribution in [-0.2, 0) is 0 Å². The van der Waals surface area contributed by atoms with Crippen molar-refractivity contribution in [3.8, 4) is 11.5 Å². The third-order valence-electron chi connectivity index (χ3n) is 3.54. The van der Waals surface area contributed by atoms with Gasteiger partial charge in [0, 0.05) is 9.86 Å². The zero-order valence-electron chi connectivity index (χ0n) is 12.6. The van der Waals surface area contributed by atoms with Gasteiger partial charge in [-0.1, -0.05) is 15.9 Å². The van der Waals surface area contributed by atoms with Crippen LogP contribution in [0, 0.1) is 0 Å². The van der Waals surface area contributed by atoms with Crippen molar-refractivity contribution >= 4 is 55.0 Å². The summed E-state index contributed by atoms with van der Waals surface area (Å²) in [6, 6.07) is 10.8. The monoisotopic (exact) mass is 464 g/mol. The Morgan fingerprint density at radius 2 is 1.96 bits per heavy atom. The van der Waals surface area contributed by atoms with Crippen molar-refractivity contribution in [2.75, 3.05) is 6.79 Å². The number of carbonyl (C=O) groups excluding carboxylic acids is 1. The lowest BCUT2D eigenvalue weighted by molar-refractivity contribution is 0.0929. The molecule has 2 aromatic carbocycles. The van der Waals surface area contributed by atoms with Crippen LogP contribution in [0.2, 0.25) is 0 Å². The molecule has 8 heteroatoms. The summed E-state index contributed by atoms with van der Waals surface area (Å²) in [6.07, 6.45) is 1.52. The first kappa shape index (κ1) is 16.2. The molecule has 0 saturated heterocycles. The first-order valence-corrected chi connectivity index (χ1v) is 8.80. The Bertz CT molecular complexity index is 1010. The fourth-order valence-electron chi connectivity index (χ4n) is 2.40. The van der Waals surface area contributed by atoms with Gasteiger partial charge in [0.15, 0.2) is 17.3 Å². The summed E-state index contributed by atoms with van der Waals surface area (Å²) in [7, 11) is 0. The zero-order chi connectivity index (χ0) is 17.4. The van der Waals surface area contributed by atoms with Crippen LogP contribution in [0.4, 0.5) is 0 Å². The van der Waals surface area contributed by atoms with E-state index >= 15 is 0 Å². The highest BCUT2D eigenvalue weighted by molar-refractivity contribution is 9.11. The molecule has 1 N–H and O–H groups in total. The molecule has 1 aliphatic heterocycles. The SMILES string of the molecule is O=C(N/N=C\c1ccc2c(c1)OCO2)c1cc2cc(Br)cc(Br)c2o1. The molecule has 1 amide bonds. The number of nitrogens with zero attached hydrogens (tertiary/aromatic N) is 1.